The third-order valence-corrected chi connectivity index (χ3v) is 3.62. The van der Waals surface area contributed by atoms with E-state index in [0.29, 0.717) is 6.04 Å². The highest BCUT2D eigenvalue weighted by molar-refractivity contribution is 5.15. The van der Waals surface area contributed by atoms with Gasteiger partial charge in [0.25, 0.3) is 0 Å². The second kappa shape index (κ2) is 6.77. The number of nitrogens with one attached hydrogen (secondary N) is 1. The lowest BCUT2D eigenvalue weighted by atomic mass is 9.94. The van der Waals surface area contributed by atoms with E-state index in [1.54, 1.807) is 0 Å². The highest BCUT2D eigenvalue weighted by Crippen LogP contribution is 2.18. The molecule has 2 nitrogen and oxygen atoms in total. The maximum Gasteiger partial charge on any atom is 0.0587 e. The lowest BCUT2D eigenvalue weighted by Gasteiger charge is -2.27. The van der Waals surface area contributed by atoms with E-state index in [4.69, 9.17) is 0 Å². The summed E-state index contributed by atoms with van der Waals surface area (Å²) in [4.78, 5) is 0. The van der Waals surface area contributed by atoms with Crippen LogP contribution in [0.2, 0.25) is 0 Å². The summed E-state index contributed by atoms with van der Waals surface area (Å²) in [5.74, 6) is 0. The molecule has 0 unspecified atom stereocenters. The molecule has 2 rings (SSSR count). The van der Waals surface area contributed by atoms with Crippen LogP contribution in [0, 0.1) is 0 Å². The van der Waals surface area contributed by atoms with Gasteiger partial charge in [0.05, 0.1) is 6.61 Å². The van der Waals surface area contributed by atoms with Crippen molar-refractivity contribution in [3.05, 3.63) is 35.9 Å². The Morgan fingerprint density at radius 3 is 2.47 bits per heavy atom. The summed E-state index contributed by atoms with van der Waals surface area (Å²) in [6.45, 7) is 0.228. The third-order valence-electron chi connectivity index (χ3n) is 3.62. The topological polar surface area (TPSA) is 32.3 Å². The molecular formula is C15H23NO. The summed E-state index contributed by atoms with van der Waals surface area (Å²) < 4.78 is 0. The molecule has 0 aromatic heterocycles. The minimum atomic E-state index is 0.209. The third kappa shape index (κ3) is 4.14. The van der Waals surface area contributed by atoms with Crippen LogP contribution in [0.3, 0.4) is 0 Å². The molecule has 0 amide bonds. The van der Waals surface area contributed by atoms with Crippen LogP contribution in [0.5, 0.6) is 0 Å². The van der Waals surface area contributed by atoms with Crippen molar-refractivity contribution in [2.75, 3.05) is 6.61 Å². The van der Waals surface area contributed by atoms with Gasteiger partial charge in [-0.2, -0.15) is 0 Å². The molecule has 0 heterocycles. The molecule has 0 saturated heterocycles. The molecule has 0 spiro atoms. The van der Waals surface area contributed by atoms with Crippen molar-refractivity contribution in [3.8, 4) is 0 Å². The molecule has 1 fully saturated rings. The van der Waals surface area contributed by atoms with Crippen LogP contribution < -0.4 is 5.32 Å². The van der Waals surface area contributed by atoms with Crippen LogP contribution in [0.1, 0.15) is 37.7 Å². The number of aliphatic hydroxyl groups is 1. The van der Waals surface area contributed by atoms with Gasteiger partial charge in [0.2, 0.25) is 0 Å². The van der Waals surface area contributed by atoms with E-state index >= 15 is 0 Å². The standard InChI is InChI=1S/C15H23NO/c17-12-15(11-13-7-3-1-4-8-13)16-14-9-5-2-6-10-14/h1,3-4,7-8,14-17H,2,5-6,9-12H2/t15-/m0/s1. The molecule has 1 aromatic rings. The Balaban J connectivity index is 1.83. The molecule has 2 N–H and O–H groups in total. The van der Waals surface area contributed by atoms with Gasteiger partial charge in [-0.15, -0.1) is 0 Å². The van der Waals surface area contributed by atoms with Gasteiger partial charge >= 0.3 is 0 Å². The normalized spacial score (nSPS) is 19.1. The Labute approximate surface area is 104 Å². The first kappa shape index (κ1) is 12.6. The molecule has 1 atom stereocenters. The Morgan fingerprint density at radius 1 is 1.12 bits per heavy atom. The Bertz CT molecular complexity index is 306. The number of benzene rings is 1. The van der Waals surface area contributed by atoms with Gasteiger partial charge in [-0.3, -0.25) is 0 Å². The quantitative estimate of drug-likeness (QED) is 0.819. The summed E-state index contributed by atoms with van der Waals surface area (Å²) >= 11 is 0. The maximum absolute atomic E-state index is 9.46. The van der Waals surface area contributed by atoms with Crippen molar-refractivity contribution >= 4 is 0 Å². The first-order valence-corrected chi connectivity index (χ1v) is 6.79. The lowest BCUT2D eigenvalue weighted by molar-refractivity contribution is 0.218. The van der Waals surface area contributed by atoms with Gasteiger partial charge in [-0.05, 0) is 24.8 Å². The summed E-state index contributed by atoms with van der Waals surface area (Å²) in [7, 11) is 0. The zero-order valence-electron chi connectivity index (χ0n) is 10.4. The summed E-state index contributed by atoms with van der Waals surface area (Å²) in [5, 5.41) is 13.1. The van der Waals surface area contributed by atoms with Gasteiger partial charge in [-0.25, -0.2) is 0 Å². The molecule has 1 aliphatic carbocycles. The summed E-state index contributed by atoms with van der Waals surface area (Å²) in [6, 6.07) is 11.2. The van der Waals surface area contributed by atoms with E-state index in [1.807, 2.05) is 6.07 Å². The van der Waals surface area contributed by atoms with Gasteiger partial charge in [-0.1, -0.05) is 49.6 Å². The van der Waals surface area contributed by atoms with E-state index in [9.17, 15) is 5.11 Å². The SMILES string of the molecule is OC[C@H](Cc1ccccc1)NC1CCCCC1. The van der Waals surface area contributed by atoms with E-state index in [-0.39, 0.29) is 12.6 Å². The fraction of sp³-hybridized carbons (Fsp3) is 0.600. The Morgan fingerprint density at radius 2 is 1.82 bits per heavy atom. The van der Waals surface area contributed by atoms with Crippen LogP contribution >= 0.6 is 0 Å². The van der Waals surface area contributed by atoms with E-state index < -0.39 is 0 Å². The van der Waals surface area contributed by atoms with Crippen LogP contribution in [-0.2, 0) is 6.42 Å². The van der Waals surface area contributed by atoms with Crippen molar-refractivity contribution < 1.29 is 5.11 Å². The van der Waals surface area contributed by atoms with Gasteiger partial charge in [0.15, 0.2) is 0 Å². The molecule has 2 heteroatoms. The number of hydrogen-bond acceptors (Lipinski definition) is 2. The summed E-state index contributed by atoms with van der Waals surface area (Å²) in [5.41, 5.74) is 1.30. The average molecular weight is 233 g/mol. The van der Waals surface area contributed by atoms with Crippen molar-refractivity contribution in [1.82, 2.24) is 5.32 Å². The molecule has 94 valence electrons. The van der Waals surface area contributed by atoms with E-state index in [1.165, 1.54) is 37.7 Å². The van der Waals surface area contributed by atoms with Gasteiger partial charge in [0.1, 0.15) is 0 Å². The minimum Gasteiger partial charge on any atom is -0.395 e. The fourth-order valence-corrected chi connectivity index (χ4v) is 2.68. The second-order valence-corrected chi connectivity index (χ2v) is 5.07. The smallest absolute Gasteiger partial charge is 0.0587 e. The molecule has 1 aromatic carbocycles. The zero-order valence-corrected chi connectivity index (χ0v) is 10.4. The predicted octanol–water partition coefficient (Wildman–Crippen LogP) is 2.51. The van der Waals surface area contributed by atoms with E-state index in [2.05, 4.69) is 29.6 Å². The second-order valence-electron chi connectivity index (χ2n) is 5.07. The van der Waals surface area contributed by atoms with Crippen LogP contribution in [0.15, 0.2) is 30.3 Å². The van der Waals surface area contributed by atoms with Crippen molar-refractivity contribution in [1.29, 1.82) is 0 Å². The summed E-state index contributed by atoms with van der Waals surface area (Å²) in [6.07, 6.45) is 7.51. The zero-order chi connectivity index (χ0) is 11.9. The molecule has 1 aliphatic rings. The molecule has 1 saturated carbocycles. The molecule has 17 heavy (non-hydrogen) atoms. The largest absolute Gasteiger partial charge is 0.395 e. The molecule has 0 aliphatic heterocycles. The monoisotopic (exact) mass is 233 g/mol. The Hall–Kier alpha value is -0.860. The molecule has 0 bridgehead atoms. The highest BCUT2D eigenvalue weighted by atomic mass is 16.3. The fourth-order valence-electron chi connectivity index (χ4n) is 2.68. The lowest BCUT2D eigenvalue weighted by Crippen LogP contribution is -2.42. The Kier molecular flexibility index (Phi) is 5.02. The average Bonchev–Trinajstić information content (AvgIpc) is 2.40. The van der Waals surface area contributed by atoms with Crippen molar-refractivity contribution in [2.24, 2.45) is 0 Å². The van der Waals surface area contributed by atoms with Crippen LogP contribution in [0.4, 0.5) is 0 Å². The molecular weight excluding hydrogens is 210 g/mol. The maximum atomic E-state index is 9.46. The van der Waals surface area contributed by atoms with Crippen LogP contribution in [0.25, 0.3) is 0 Å². The number of rotatable bonds is 5. The minimum absolute atomic E-state index is 0.209. The highest BCUT2D eigenvalue weighted by Gasteiger charge is 2.17. The number of hydrogen-bond donors (Lipinski definition) is 2. The van der Waals surface area contributed by atoms with Crippen LogP contribution in [-0.4, -0.2) is 23.8 Å². The van der Waals surface area contributed by atoms with Crippen molar-refractivity contribution in [2.45, 2.75) is 50.6 Å². The molecule has 0 radical (unpaired) electrons. The van der Waals surface area contributed by atoms with E-state index in [0.717, 1.165) is 6.42 Å². The number of aliphatic hydroxyl groups excluding tert-OH is 1. The first-order chi connectivity index (χ1) is 8.38. The van der Waals surface area contributed by atoms with Crippen molar-refractivity contribution in [3.63, 3.8) is 0 Å². The van der Waals surface area contributed by atoms with Gasteiger partial charge < -0.3 is 10.4 Å². The van der Waals surface area contributed by atoms with Gasteiger partial charge in [0, 0.05) is 12.1 Å². The predicted molar refractivity (Wildman–Crippen MR) is 71.0 cm³/mol. The first-order valence-electron chi connectivity index (χ1n) is 6.79.